The number of imide groups is 1. The van der Waals surface area contributed by atoms with Gasteiger partial charge in [0.1, 0.15) is 5.25 Å². The van der Waals surface area contributed by atoms with Crippen LogP contribution in [0.25, 0.3) is 0 Å². The van der Waals surface area contributed by atoms with Gasteiger partial charge < -0.3 is 10.8 Å². The third-order valence-corrected chi connectivity index (χ3v) is 3.14. The Morgan fingerprint density at radius 1 is 1.47 bits per heavy atom. The number of carboxylic acid groups (broad SMARTS) is 1. The summed E-state index contributed by atoms with van der Waals surface area (Å²) in [5.74, 6) is -2.00. The molecule has 0 aromatic heterocycles. The molecule has 7 nitrogen and oxygen atoms in total. The minimum atomic E-state index is -1.63. The van der Waals surface area contributed by atoms with Crippen LogP contribution in [-0.2, 0) is 20.4 Å². The lowest BCUT2D eigenvalue weighted by molar-refractivity contribution is -0.136. The van der Waals surface area contributed by atoms with Gasteiger partial charge in [0.15, 0.2) is 0 Å². The molecule has 0 bridgehead atoms. The lowest BCUT2D eigenvalue weighted by atomic mass is 10.4. The Bertz CT molecular complexity index is 304. The molecule has 0 fully saturated rings. The number of aliphatic carboxylic acids is 1. The second-order valence-electron chi connectivity index (χ2n) is 2.72. The number of carboxylic acids is 1. The third kappa shape index (κ3) is 5.78. The van der Waals surface area contributed by atoms with Gasteiger partial charge in [-0.25, -0.2) is 4.79 Å². The maximum absolute atomic E-state index is 11.3. The van der Waals surface area contributed by atoms with Crippen molar-refractivity contribution < 1.29 is 23.7 Å². The molecule has 3 amide bonds. The molecule has 2 unspecified atom stereocenters. The number of amides is 3. The van der Waals surface area contributed by atoms with E-state index in [1.165, 1.54) is 6.92 Å². The van der Waals surface area contributed by atoms with Crippen LogP contribution in [0, 0.1) is 0 Å². The zero-order valence-corrected chi connectivity index (χ0v) is 8.87. The Hall–Kier alpha value is -1.44. The fourth-order valence-corrected chi connectivity index (χ4v) is 1.73. The molecule has 0 spiro atoms. The monoisotopic (exact) mass is 236 g/mol. The van der Waals surface area contributed by atoms with E-state index in [4.69, 9.17) is 5.11 Å². The predicted molar refractivity (Wildman–Crippen MR) is 52.5 cm³/mol. The normalized spacial score (nSPS) is 13.9. The molecule has 0 rings (SSSR count). The van der Waals surface area contributed by atoms with Gasteiger partial charge in [0.05, 0.1) is 6.42 Å². The summed E-state index contributed by atoms with van der Waals surface area (Å²) in [5, 5.41) is 9.13. The van der Waals surface area contributed by atoms with E-state index < -0.39 is 34.0 Å². The zero-order valence-electron chi connectivity index (χ0n) is 8.06. The Morgan fingerprint density at radius 3 is 2.40 bits per heavy atom. The molecule has 8 heteroatoms. The number of primary amides is 1. The third-order valence-electron chi connectivity index (χ3n) is 1.53. The average Bonchev–Trinajstić information content (AvgIpc) is 2.11. The Kier molecular flexibility index (Phi) is 5.53. The van der Waals surface area contributed by atoms with E-state index in [-0.39, 0.29) is 12.2 Å². The van der Waals surface area contributed by atoms with E-state index in [9.17, 15) is 18.6 Å². The molecule has 0 aliphatic carbocycles. The van der Waals surface area contributed by atoms with Crippen LogP contribution < -0.4 is 11.1 Å². The first-order chi connectivity index (χ1) is 6.84. The molecule has 2 atom stereocenters. The van der Waals surface area contributed by atoms with Crippen molar-refractivity contribution in [2.45, 2.75) is 18.6 Å². The standard InChI is InChI=1S/C7H12N2O5S/c1-4(6(12)9-7(8)13)15(14)3-2-5(10)11/h4H,2-3H2,1H3,(H,10,11)(H3,8,9,12,13). The molecule has 4 N–H and O–H groups in total. The van der Waals surface area contributed by atoms with Gasteiger partial charge >= 0.3 is 12.0 Å². The summed E-state index contributed by atoms with van der Waals surface area (Å²) in [6.45, 7) is 1.33. The van der Waals surface area contributed by atoms with Crippen LogP contribution in [0.5, 0.6) is 0 Å². The maximum atomic E-state index is 11.3. The van der Waals surface area contributed by atoms with Gasteiger partial charge in [0.2, 0.25) is 5.91 Å². The number of urea groups is 1. The number of nitrogens with two attached hydrogens (primary N) is 1. The highest BCUT2D eigenvalue weighted by molar-refractivity contribution is 7.86. The largest absolute Gasteiger partial charge is 0.481 e. The fraction of sp³-hybridized carbons (Fsp3) is 0.571. The lowest BCUT2D eigenvalue weighted by Gasteiger charge is -2.08. The van der Waals surface area contributed by atoms with Crippen molar-refractivity contribution in [3.63, 3.8) is 0 Å². The van der Waals surface area contributed by atoms with Gasteiger partial charge in [0.25, 0.3) is 0 Å². The molecule has 86 valence electrons. The summed E-state index contributed by atoms with van der Waals surface area (Å²) >= 11 is 0. The van der Waals surface area contributed by atoms with E-state index in [1.807, 2.05) is 0 Å². The van der Waals surface area contributed by atoms with E-state index in [0.717, 1.165) is 0 Å². The number of rotatable bonds is 5. The number of hydrogen-bond acceptors (Lipinski definition) is 4. The molecule has 0 aromatic carbocycles. The summed E-state index contributed by atoms with van der Waals surface area (Å²) in [5.41, 5.74) is 4.69. The van der Waals surface area contributed by atoms with Crippen molar-refractivity contribution in [3.8, 4) is 0 Å². The molecule has 0 aliphatic heterocycles. The predicted octanol–water partition coefficient (Wildman–Crippen LogP) is -1.21. The Morgan fingerprint density at radius 2 is 2.00 bits per heavy atom. The zero-order chi connectivity index (χ0) is 12.0. The topological polar surface area (TPSA) is 127 Å². The Balaban J connectivity index is 4.13. The molecule has 0 aromatic rings. The summed E-state index contributed by atoms with van der Waals surface area (Å²) in [6.07, 6.45) is -0.291. The van der Waals surface area contributed by atoms with E-state index in [2.05, 4.69) is 5.73 Å². The van der Waals surface area contributed by atoms with Crippen LogP contribution in [0.4, 0.5) is 4.79 Å². The van der Waals surface area contributed by atoms with Crippen molar-refractivity contribution in [1.82, 2.24) is 5.32 Å². The summed E-state index contributed by atoms with van der Waals surface area (Å²) in [4.78, 5) is 31.6. The van der Waals surface area contributed by atoms with Crippen LogP contribution in [0.2, 0.25) is 0 Å². The smallest absolute Gasteiger partial charge is 0.318 e. The first-order valence-corrected chi connectivity index (χ1v) is 5.42. The lowest BCUT2D eigenvalue weighted by Crippen LogP contribution is -2.42. The first-order valence-electron chi connectivity index (χ1n) is 4.04. The Labute approximate surface area is 88.5 Å². The summed E-state index contributed by atoms with van der Waals surface area (Å²) in [7, 11) is -1.63. The maximum Gasteiger partial charge on any atom is 0.318 e. The van der Waals surface area contributed by atoms with Gasteiger partial charge in [-0.05, 0) is 6.92 Å². The second kappa shape index (κ2) is 6.12. The number of hydrogen-bond donors (Lipinski definition) is 3. The number of carbonyl (C=O) groups excluding carboxylic acids is 2. The molecule has 0 heterocycles. The van der Waals surface area contributed by atoms with Crippen LogP contribution in [0.15, 0.2) is 0 Å². The fourth-order valence-electron chi connectivity index (χ4n) is 0.707. The molecule has 0 aliphatic rings. The van der Waals surface area contributed by atoms with Crippen molar-refractivity contribution in [3.05, 3.63) is 0 Å². The highest BCUT2D eigenvalue weighted by Crippen LogP contribution is 1.98. The molecule has 0 saturated carbocycles. The van der Waals surface area contributed by atoms with E-state index in [0.29, 0.717) is 0 Å². The van der Waals surface area contributed by atoms with Crippen molar-refractivity contribution >= 4 is 28.7 Å². The van der Waals surface area contributed by atoms with Gasteiger partial charge in [0, 0.05) is 16.6 Å². The van der Waals surface area contributed by atoms with Gasteiger partial charge in [-0.3, -0.25) is 19.1 Å². The van der Waals surface area contributed by atoms with E-state index >= 15 is 0 Å². The van der Waals surface area contributed by atoms with Crippen LogP contribution in [-0.4, -0.2) is 38.2 Å². The number of nitrogens with one attached hydrogen (secondary N) is 1. The molecule has 0 saturated heterocycles. The van der Waals surface area contributed by atoms with Crippen LogP contribution >= 0.6 is 0 Å². The van der Waals surface area contributed by atoms with Gasteiger partial charge in [-0.1, -0.05) is 0 Å². The summed E-state index contributed by atoms with van der Waals surface area (Å²) < 4.78 is 11.3. The van der Waals surface area contributed by atoms with Gasteiger partial charge in [-0.15, -0.1) is 0 Å². The molecular weight excluding hydrogens is 224 g/mol. The SMILES string of the molecule is CC(C(=O)NC(N)=O)S(=O)CCC(=O)O. The van der Waals surface area contributed by atoms with Crippen molar-refractivity contribution in [2.24, 2.45) is 5.73 Å². The summed E-state index contributed by atoms with van der Waals surface area (Å²) in [6, 6.07) is -1.03. The van der Waals surface area contributed by atoms with Crippen LogP contribution in [0.1, 0.15) is 13.3 Å². The number of carbonyl (C=O) groups is 3. The highest BCUT2D eigenvalue weighted by atomic mass is 32.2. The second-order valence-corrected chi connectivity index (χ2v) is 4.60. The first kappa shape index (κ1) is 13.6. The van der Waals surface area contributed by atoms with Crippen molar-refractivity contribution in [1.29, 1.82) is 0 Å². The van der Waals surface area contributed by atoms with Gasteiger partial charge in [-0.2, -0.15) is 0 Å². The molecule has 15 heavy (non-hydrogen) atoms. The minimum Gasteiger partial charge on any atom is -0.481 e. The highest BCUT2D eigenvalue weighted by Gasteiger charge is 2.21. The van der Waals surface area contributed by atoms with Crippen LogP contribution in [0.3, 0.4) is 0 Å². The minimum absolute atomic E-state index is 0.136. The molecule has 0 radical (unpaired) electrons. The average molecular weight is 236 g/mol. The quantitative estimate of drug-likeness (QED) is 0.552. The van der Waals surface area contributed by atoms with E-state index in [1.54, 1.807) is 5.32 Å². The molecular formula is C7H12N2O5S. The van der Waals surface area contributed by atoms with Crippen molar-refractivity contribution in [2.75, 3.05) is 5.75 Å².